The first-order valence-corrected chi connectivity index (χ1v) is 10.4. The molecule has 1 aliphatic rings. The number of pyridine rings is 1. The minimum atomic E-state index is -0.180. The highest BCUT2D eigenvalue weighted by Crippen LogP contribution is 2.40. The van der Waals surface area contributed by atoms with Gasteiger partial charge in [0.25, 0.3) is 0 Å². The second-order valence-corrected chi connectivity index (χ2v) is 7.93. The fourth-order valence-electron chi connectivity index (χ4n) is 3.51. The smallest absolute Gasteiger partial charge is 0.170 e. The molecule has 0 radical (unpaired) electrons. The van der Waals surface area contributed by atoms with Crippen LogP contribution in [0.4, 0.5) is 0 Å². The number of furan rings is 1. The average Bonchev–Trinajstić information content (AvgIpc) is 3.34. The molecular formula is C21H19Cl2N3O2S. The van der Waals surface area contributed by atoms with Gasteiger partial charge in [0.05, 0.1) is 21.8 Å². The number of benzene rings is 1. The predicted octanol–water partition coefficient (Wildman–Crippen LogP) is 5.00. The highest BCUT2D eigenvalue weighted by Gasteiger charge is 2.41. The molecule has 0 saturated carbocycles. The molecule has 3 heterocycles. The second-order valence-electron chi connectivity index (χ2n) is 6.73. The van der Waals surface area contributed by atoms with E-state index in [0.29, 0.717) is 33.9 Å². The topological polar surface area (TPSA) is 61.5 Å². The highest BCUT2D eigenvalue weighted by atomic mass is 35.5. The van der Waals surface area contributed by atoms with Crippen molar-refractivity contribution in [1.29, 1.82) is 0 Å². The van der Waals surface area contributed by atoms with E-state index >= 15 is 0 Å². The van der Waals surface area contributed by atoms with E-state index in [1.54, 1.807) is 18.3 Å². The Balaban J connectivity index is 1.71. The molecule has 1 fully saturated rings. The van der Waals surface area contributed by atoms with Crippen molar-refractivity contribution in [1.82, 2.24) is 15.2 Å². The van der Waals surface area contributed by atoms with Crippen molar-refractivity contribution in [3.63, 3.8) is 0 Å². The Morgan fingerprint density at radius 1 is 1.14 bits per heavy atom. The van der Waals surface area contributed by atoms with Crippen molar-refractivity contribution in [2.45, 2.75) is 18.5 Å². The van der Waals surface area contributed by atoms with Crippen LogP contribution in [0.1, 0.15) is 30.0 Å². The van der Waals surface area contributed by atoms with E-state index in [1.807, 2.05) is 41.3 Å². The molecule has 0 bridgehead atoms. The molecule has 1 aliphatic heterocycles. The van der Waals surface area contributed by atoms with Gasteiger partial charge in [0, 0.05) is 24.9 Å². The molecule has 1 aromatic carbocycles. The maximum atomic E-state index is 9.30. The Morgan fingerprint density at radius 3 is 2.72 bits per heavy atom. The van der Waals surface area contributed by atoms with Gasteiger partial charge in [-0.1, -0.05) is 29.3 Å². The number of aromatic nitrogens is 1. The standard InChI is InChI=1S/C21H19Cl2N3O2S/c22-14-6-5-13(12-15(14)23)17-7-8-18(28-17)20-19(16-4-1-2-9-24-16)25-21(29)26(20)10-3-11-27/h1-2,4-9,12,19-20,27H,3,10-11H2,(H,25,29)/t19-,20-/m0/s1. The maximum absolute atomic E-state index is 9.30. The number of thiocarbonyl (C=S) groups is 1. The summed E-state index contributed by atoms with van der Waals surface area (Å²) in [6.45, 7) is 0.700. The van der Waals surface area contributed by atoms with Crippen LogP contribution in [0.5, 0.6) is 0 Å². The Hall–Kier alpha value is -2.12. The number of aliphatic hydroxyl groups is 1. The molecule has 2 atom stereocenters. The maximum Gasteiger partial charge on any atom is 0.170 e. The normalized spacial score (nSPS) is 18.9. The molecule has 3 aromatic rings. The molecule has 2 aromatic heterocycles. The zero-order chi connectivity index (χ0) is 20.4. The molecule has 0 aliphatic carbocycles. The van der Waals surface area contributed by atoms with E-state index in [-0.39, 0.29) is 18.7 Å². The minimum Gasteiger partial charge on any atom is -0.459 e. The molecule has 0 amide bonds. The van der Waals surface area contributed by atoms with Crippen LogP contribution in [-0.2, 0) is 0 Å². The number of halogens is 2. The third kappa shape index (κ3) is 4.12. The van der Waals surface area contributed by atoms with Crippen LogP contribution in [0, 0.1) is 0 Å². The van der Waals surface area contributed by atoms with E-state index in [2.05, 4.69) is 10.3 Å². The third-order valence-corrected chi connectivity index (χ3v) is 5.97. The number of nitrogens with one attached hydrogen (secondary N) is 1. The molecule has 4 rings (SSSR count). The van der Waals surface area contributed by atoms with Crippen molar-refractivity contribution in [2.75, 3.05) is 13.2 Å². The molecule has 1 saturated heterocycles. The lowest BCUT2D eigenvalue weighted by molar-refractivity contribution is 0.233. The van der Waals surface area contributed by atoms with Gasteiger partial charge in [0.15, 0.2) is 5.11 Å². The Labute approximate surface area is 184 Å². The largest absolute Gasteiger partial charge is 0.459 e. The summed E-state index contributed by atoms with van der Waals surface area (Å²) < 4.78 is 6.23. The Bertz CT molecular complexity index is 1010. The van der Waals surface area contributed by atoms with Crippen LogP contribution in [0.2, 0.25) is 10.0 Å². The summed E-state index contributed by atoms with van der Waals surface area (Å²) in [5.74, 6) is 1.45. The van der Waals surface area contributed by atoms with Gasteiger partial charge in [-0.25, -0.2) is 0 Å². The van der Waals surface area contributed by atoms with Gasteiger partial charge in [0.2, 0.25) is 0 Å². The highest BCUT2D eigenvalue weighted by molar-refractivity contribution is 7.80. The summed E-state index contributed by atoms with van der Waals surface area (Å²) in [6, 6.07) is 14.7. The van der Waals surface area contributed by atoms with Crippen molar-refractivity contribution >= 4 is 40.5 Å². The first-order chi connectivity index (χ1) is 14.1. The SMILES string of the molecule is OCCCN1C(=S)N[C@@H](c2ccccn2)[C@@H]1c1ccc(-c2ccc(Cl)c(Cl)c2)o1. The van der Waals surface area contributed by atoms with Crippen molar-refractivity contribution in [3.8, 4) is 11.3 Å². The lowest BCUT2D eigenvalue weighted by Gasteiger charge is -2.25. The quantitative estimate of drug-likeness (QED) is 0.518. The van der Waals surface area contributed by atoms with Crippen LogP contribution in [-0.4, -0.2) is 33.3 Å². The Kier molecular flexibility index (Phi) is 6.06. The first-order valence-electron chi connectivity index (χ1n) is 9.22. The molecule has 29 heavy (non-hydrogen) atoms. The van der Waals surface area contributed by atoms with Crippen LogP contribution in [0.3, 0.4) is 0 Å². The molecule has 0 spiro atoms. The number of hydrogen-bond acceptors (Lipinski definition) is 4. The number of hydrogen-bond donors (Lipinski definition) is 2. The summed E-state index contributed by atoms with van der Waals surface area (Å²) in [5, 5.41) is 14.3. The second kappa shape index (κ2) is 8.71. The average molecular weight is 448 g/mol. The molecule has 0 unspecified atom stereocenters. The van der Waals surface area contributed by atoms with Crippen LogP contribution in [0.15, 0.2) is 59.1 Å². The summed E-state index contributed by atoms with van der Waals surface area (Å²) in [5.41, 5.74) is 1.72. The summed E-state index contributed by atoms with van der Waals surface area (Å²) in [7, 11) is 0. The number of nitrogens with zero attached hydrogens (tertiary/aromatic N) is 2. The van der Waals surface area contributed by atoms with Gasteiger partial charge in [-0.3, -0.25) is 4.98 Å². The molecule has 5 nitrogen and oxygen atoms in total. The first kappa shape index (κ1) is 20.2. The third-order valence-electron chi connectivity index (χ3n) is 4.88. The molecule has 8 heteroatoms. The van der Waals surface area contributed by atoms with Crippen molar-refractivity contribution < 1.29 is 9.52 Å². The van der Waals surface area contributed by atoms with Crippen LogP contribution in [0.25, 0.3) is 11.3 Å². The number of aliphatic hydroxyl groups excluding tert-OH is 1. The zero-order valence-corrected chi connectivity index (χ0v) is 17.7. The fraction of sp³-hybridized carbons (Fsp3) is 0.238. The summed E-state index contributed by atoms with van der Waals surface area (Å²) >= 11 is 17.8. The monoisotopic (exact) mass is 447 g/mol. The zero-order valence-electron chi connectivity index (χ0n) is 15.4. The lowest BCUT2D eigenvalue weighted by Crippen LogP contribution is -2.30. The van der Waals surface area contributed by atoms with E-state index in [0.717, 1.165) is 17.0 Å². The van der Waals surface area contributed by atoms with Gasteiger partial charge in [-0.05, 0) is 61.1 Å². The van der Waals surface area contributed by atoms with Crippen LogP contribution < -0.4 is 5.32 Å². The van der Waals surface area contributed by atoms with E-state index in [4.69, 9.17) is 39.8 Å². The van der Waals surface area contributed by atoms with Crippen molar-refractivity contribution in [3.05, 3.63) is 76.2 Å². The van der Waals surface area contributed by atoms with E-state index < -0.39 is 0 Å². The number of rotatable bonds is 6. The van der Waals surface area contributed by atoms with E-state index in [9.17, 15) is 5.11 Å². The van der Waals surface area contributed by atoms with Crippen molar-refractivity contribution in [2.24, 2.45) is 0 Å². The minimum absolute atomic E-state index is 0.0900. The molecule has 150 valence electrons. The van der Waals surface area contributed by atoms with Gasteiger partial charge in [0.1, 0.15) is 17.6 Å². The molecular weight excluding hydrogens is 429 g/mol. The molecule has 2 N–H and O–H groups in total. The predicted molar refractivity (Wildman–Crippen MR) is 118 cm³/mol. The lowest BCUT2D eigenvalue weighted by atomic mass is 10.0. The van der Waals surface area contributed by atoms with Crippen LogP contribution >= 0.6 is 35.4 Å². The summed E-state index contributed by atoms with van der Waals surface area (Å²) in [6.07, 6.45) is 2.37. The Morgan fingerprint density at radius 2 is 2.00 bits per heavy atom. The van der Waals surface area contributed by atoms with Gasteiger partial charge < -0.3 is 19.7 Å². The van der Waals surface area contributed by atoms with E-state index in [1.165, 1.54) is 0 Å². The van der Waals surface area contributed by atoms with Gasteiger partial charge >= 0.3 is 0 Å². The van der Waals surface area contributed by atoms with Gasteiger partial charge in [-0.15, -0.1) is 0 Å². The fourth-order valence-corrected chi connectivity index (χ4v) is 4.14. The van der Waals surface area contributed by atoms with Gasteiger partial charge in [-0.2, -0.15) is 0 Å². The summed E-state index contributed by atoms with van der Waals surface area (Å²) in [4.78, 5) is 6.54.